The van der Waals surface area contributed by atoms with E-state index in [1.807, 2.05) is 71.8 Å². The van der Waals surface area contributed by atoms with Crippen LogP contribution in [0.2, 0.25) is 5.02 Å². The highest BCUT2D eigenvalue weighted by molar-refractivity contribution is 7.89. The van der Waals surface area contributed by atoms with Gasteiger partial charge in [-0.2, -0.15) is 0 Å². The molecule has 6 nitrogen and oxygen atoms in total. The summed E-state index contributed by atoms with van der Waals surface area (Å²) in [5.41, 5.74) is 2.96. The van der Waals surface area contributed by atoms with Crippen molar-refractivity contribution in [2.24, 2.45) is 4.99 Å². The van der Waals surface area contributed by atoms with Crippen molar-refractivity contribution in [3.63, 3.8) is 0 Å². The van der Waals surface area contributed by atoms with Gasteiger partial charge in [0, 0.05) is 24.8 Å². The minimum atomic E-state index is -3.76. The zero-order chi connectivity index (χ0) is 23.7. The maximum atomic E-state index is 13.2. The number of nitrogens with zero attached hydrogens (tertiary/aromatic N) is 3. The molecule has 0 amide bonds. The second-order valence-electron chi connectivity index (χ2n) is 7.96. The monoisotopic (exact) mass is 491 g/mol. The second kappa shape index (κ2) is 9.00. The molecular formula is C26H22ClN3O3S. The van der Waals surface area contributed by atoms with Gasteiger partial charge in [0.1, 0.15) is 17.3 Å². The Hall–Kier alpha value is -3.55. The van der Waals surface area contributed by atoms with Crippen molar-refractivity contribution in [3.8, 4) is 5.75 Å². The van der Waals surface area contributed by atoms with E-state index in [9.17, 15) is 8.42 Å². The number of rotatable bonds is 5. The fraction of sp³-hybridized carbons (Fsp3) is 0.115. The maximum Gasteiger partial charge on any atom is 0.266 e. The normalized spacial score (nSPS) is 16.2. The summed E-state index contributed by atoms with van der Waals surface area (Å²) in [6.07, 6.45) is 5.46. The van der Waals surface area contributed by atoms with E-state index in [4.69, 9.17) is 21.3 Å². The van der Waals surface area contributed by atoms with Crippen LogP contribution in [0.15, 0.2) is 107 Å². The van der Waals surface area contributed by atoms with E-state index < -0.39 is 10.0 Å². The standard InChI is InChI=1S/C26H22ClN3O3S/c1-29-24-8-5-15-30(26(24)28-23-16-21(27)11-14-25(23)34(29,31)32)17-19-9-12-22(13-10-19)33-18-20-6-3-2-4-7-20/h2-16H,17-18H2,1H3. The Balaban J connectivity index is 1.39. The lowest BCUT2D eigenvalue weighted by Gasteiger charge is -2.29. The molecule has 0 fully saturated rings. The summed E-state index contributed by atoms with van der Waals surface area (Å²) in [6, 6.07) is 22.5. The molecule has 0 aromatic heterocycles. The molecule has 2 aliphatic rings. The average molecular weight is 492 g/mol. The number of allylic oxidation sites excluding steroid dienone is 2. The third-order valence-corrected chi connectivity index (χ3v) is 7.72. The molecule has 0 saturated heterocycles. The molecule has 2 heterocycles. The Morgan fingerprint density at radius 1 is 0.971 bits per heavy atom. The number of halogens is 1. The highest BCUT2D eigenvalue weighted by Gasteiger charge is 2.34. The van der Waals surface area contributed by atoms with Crippen LogP contribution in [-0.4, -0.2) is 30.5 Å². The first-order valence-corrected chi connectivity index (χ1v) is 12.5. The first-order chi connectivity index (χ1) is 16.4. The molecule has 34 heavy (non-hydrogen) atoms. The van der Waals surface area contributed by atoms with Gasteiger partial charge in [0.25, 0.3) is 10.0 Å². The van der Waals surface area contributed by atoms with Crippen LogP contribution in [0.3, 0.4) is 0 Å². The zero-order valence-electron chi connectivity index (χ0n) is 18.4. The molecular weight excluding hydrogens is 470 g/mol. The molecule has 0 spiro atoms. The molecule has 0 atom stereocenters. The molecule has 0 bridgehead atoms. The molecule has 0 aliphatic carbocycles. The number of aliphatic imine (C=N–C) groups is 1. The van der Waals surface area contributed by atoms with Crippen molar-refractivity contribution in [1.82, 2.24) is 9.21 Å². The Morgan fingerprint density at radius 2 is 1.74 bits per heavy atom. The Morgan fingerprint density at radius 3 is 2.50 bits per heavy atom. The summed E-state index contributed by atoms with van der Waals surface area (Å²) in [6.45, 7) is 1.01. The van der Waals surface area contributed by atoms with Crippen molar-refractivity contribution in [3.05, 3.63) is 113 Å². The van der Waals surface area contributed by atoms with Crippen LogP contribution in [0.25, 0.3) is 0 Å². The molecule has 0 N–H and O–H groups in total. The number of sulfonamides is 1. The molecule has 172 valence electrons. The van der Waals surface area contributed by atoms with Gasteiger partial charge < -0.3 is 9.64 Å². The van der Waals surface area contributed by atoms with Gasteiger partial charge in [-0.3, -0.25) is 4.31 Å². The van der Waals surface area contributed by atoms with Gasteiger partial charge >= 0.3 is 0 Å². The van der Waals surface area contributed by atoms with Crippen molar-refractivity contribution in [2.45, 2.75) is 18.0 Å². The fourth-order valence-corrected chi connectivity index (χ4v) is 5.31. The van der Waals surface area contributed by atoms with Crippen LogP contribution in [0.4, 0.5) is 5.69 Å². The number of ether oxygens (including phenoxy) is 1. The highest BCUT2D eigenvalue weighted by Crippen LogP contribution is 2.36. The molecule has 5 rings (SSSR count). The highest BCUT2D eigenvalue weighted by atomic mass is 35.5. The third-order valence-electron chi connectivity index (χ3n) is 5.67. The largest absolute Gasteiger partial charge is 0.489 e. The third kappa shape index (κ3) is 4.32. The zero-order valence-corrected chi connectivity index (χ0v) is 20.0. The van der Waals surface area contributed by atoms with Gasteiger partial charge in [0.05, 0.1) is 11.4 Å². The fourth-order valence-electron chi connectivity index (χ4n) is 3.84. The van der Waals surface area contributed by atoms with Gasteiger partial charge in [0.15, 0.2) is 5.84 Å². The van der Waals surface area contributed by atoms with Crippen LogP contribution >= 0.6 is 11.6 Å². The summed E-state index contributed by atoms with van der Waals surface area (Å²) < 4.78 is 33.5. The number of amidine groups is 1. The first kappa shape index (κ1) is 22.3. The number of hydrogen-bond acceptors (Lipinski definition) is 5. The summed E-state index contributed by atoms with van der Waals surface area (Å²) in [5, 5.41) is 0.428. The van der Waals surface area contributed by atoms with E-state index in [0.29, 0.717) is 35.4 Å². The second-order valence-corrected chi connectivity index (χ2v) is 10.3. The van der Waals surface area contributed by atoms with Crippen molar-refractivity contribution < 1.29 is 13.2 Å². The van der Waals surface area contributed by atoms with Crippen LogP contribution in [0.5, 0.6) is 5.75 Å². The van der Waals surface area contributed by atoms with Crippen LogP contribution in [0.1, 0.15) is 11.1 Å². The Kier molecular flexibility index (Phi) is 5.89. The van der Waals surface area contributed by atoms with E-state index in [1.165, 1.54) is 17.4 Å². The maximum absolute atomic E-state index is 13.2. The number of benzene rings is 3. The minimum absolute atomic E-state index is 0.127. The average Bonchev–Trinajstić information content (AvgIpc) is 2.92. The van der Waals surface area contributed by atoms with E-state index in [2.05, 4.69) is 0 Å². The predicted octanol–water partition coefficient (Wildman–Crippen LogP) is 5.50. The van der Waals surface area contributed by atoms with Gasteiger partial charge in [-0.1, -0.05) is 54.1 Å². The minimum Gasteiger partial charge on any atom is -0.489 e. The quantitative estimate of drug-likeness (QED) is 0.473. The molecule has 0 radical (unpaired) electrons. The van der Waals surface area contributed by atoms with Crippen molar-refractivity contribution >= 4 is 33.1 Å². The van der Waals surface area contributed by atoms with E-state index in [-0.39, 0.29) is 4.90 Å². The van der Waals surface area contributed by atoms with Gasteiger partial charge in [-0.15, -0.1) is 0 Å². The summed E-state index contributed by atoms with van der Waals surface area (Å²) in [4.78, 5) is 6.77. The van der Waals surface area contributed by atoms with Gasteiger partial charge in [0.2, 0.25) is 0 Å². The number of fused-ring (bicyclic) bond motifs is 2. The molecule has 0 saturated carbocycles. The van der Waals surface area contributed by atoms with Crippen molar-refractivity contribution in [2.75, 3.05) is 7.05 Å². The molecule has 0 unspecified atom stereocenters. The first-order valence-electron chi connectivity index (χ1n) is 10.7. The Labute approximate surface area is 204 Å². The lowest BCUT2D eigenvalue weighted by atomic mass is 10.1. The topological polar surface area (TPSA) is 62.2 Å². The lowest BCUT2D eigenvalue weighted by molar-refractivity contribution is 0.306. The molecule has 3 aromatic rings. The van der Waals surface area contributed by atoms with E-state index in [1.54, 1.807) is 18.2 Å². The van der Waals surface area contributed by atoms with Gasteiger partial charge in [-0.05, 0) is 53.6 Å². The van der Waals surface area contributed by atoms with Gasteiger partial charge in [-0.25, -0.2) is 13.4 Å². The SMILES string of the molecule is CN1C2=CC=CN(Cc3ccc(OCc4ccccc4)cc3)C2=Nc2cc(Cl)ccc2S1(=O)=O. The smallest absolute Gasteiger partial charge is 0.266 e. The van der Waals surface area contributed by atoms with Crippen LogP contribution < -0.4 is 4.74 Å². The predicted molar refractivity (Wildman–Crippen MR) is 133 cm³/mol. The summed E-state index contributed by atoms with van der Waals surface area (Å²) in [7, 11) is -2.22. The van der Waals surface area contributed by atoms with E-state index >= 15 is 0 Å². The summed E-state index contributed by atoms with van der Waals surface area (Å²) >= 11 is 6.15. The summed E-state index contributed by atoms with van der Waals surface area (Å²) in [5.74, 6) is 1.32. The molecule has 8 heteroatoms. The van der Waals surface area contributed by atoms with Crippen LogP contribution in [-0.2, 0) is 23.2 Å². The van der Waals surface area contributed by atoms with Crippen molar-refractivity contribution in [1.29, 1.82) is 0 Å². The Bertz CT molecular complexity index is 1420. The van der Waals surface area contributed by atoms with Crippen LogP contribution in [0, 0.1) is 0 Å². The lowest BCUT2D eigenvalue weighted by Crippen LogP contribution is -2.36. The van der Waals surface area contributed by atoms with E-state index in [0.717, 1.165) is 16.9 Å². The number of likely N-dealkylation sites (N-methyl/N-ethyl adjacent to an activating group) is 1. The molecule has 3 aromatic carbocycles. The molecule has 2 aliphatic heterocycles. The number of hydrogen-bond donors (Lipinski definition) is 0.